The molecule has 1 N–H and O–H groups in total. The van der Waals surface area contributed by atoms with Crippen LogP contribution in [0.1, 0.15) is 53.6 Å². The summed E-state index contributed by atoms with van der Waals surface area (Å²) >= 11 is 1.63. The molecule has 1 amide bonds. The van der Waals surface area contributed by atoms with Gasteiger partial charge in [-0.2, -0.15) is 0 Å². The molecule has 2 aromatic carbocycles. The zero-order valence-electron chi connectivity index (χ0n) is 21.2. The number of carbonyl (C=O) groups excluding carboxylic acids is 1. The average molecular weight is 553 g/mol. The highest BCUT2D eigenvalue weighted by Gasteiger charge is 2.30. The number of benzene rings is 2. The molecule has 2 heterocycles. The van der Waals surface area contributed by atoms with E-state index in [1.165, 1.54) is 18.2 Å². The number of thiophene rings is 1. The van der Waals surface area contributed by atoms with Crippen LogP contribution in [-0.4, -0.2) is 23.9 Å². The van der Waals surface area contributed by atoms with E-state index >= 15 is 0 Å². The number of fused-ring (bicyclic) bond motifs is 1. The molecule has 0 spiro atoms. The number of anilines is 1. The van der Waals surface area contributed by atoms with Crippen LogP contribution in [0.25, 0.3) is 0 Å². The topological polar surface area (TPSA) is 84.3 Å². The lowest BCUT2D eigenvalue weighted by Gasteiger charge is -2.25. The molecule has 1 aliphatic rings. The van der Waals surface area contributed by atoms with E-state index in [1.54, 1.807) is 22.4 Å². The molecule has 2 atom stereocenters. The Balaban J connectivity index is 1.44. The van der Waals surface area contributed by atoms with Gasteiger partial charge in [0.15, 0.2) is 0 Å². The fourth-order valence-corrected chi connectivity index (χ4v) is 6.90. The first kappa shape index (κ1) is 26.3. The number of carbonyl (C=O) groups is 1. The Labute approximate surface area is 226 Å². The van der Waals surface area contributed by atoms with Crippen LogP contribution >= 0.6 is 11.3 Å². The summed E-state index contributed by atoms with van der Waals surface area (Å²) in [7, 11) is -2.04. The fourth-order valence-electron chi connectivity index (χ4n) is 4.83. The summed E-state index contributed by atoms with van der Waals surface area (Å²) in [5.41, 5.74) is 2.54. The van der Waals surface area contributed by atoms with Gasteiger partial charge in [-0.25, -0.2) is 22.5 Å². The van der Waals surface area contributed by atoms with E-state index in [0.717, 1.165) is 27.9 Å². The lowest BCUT2D eigenvalue weighted by atomic mass is 10.0. The van der Waals surface area contributed by atoms with Crippen LogP contribution in [0, 0.1) is 5.82 Å². The molecule has 0 saturated carbocycles. The van der Waals surface area contributed by atoms with Gasteiger partial charge in [-0.3, -0.25) is 4.79 Å². The van der Waals surface area contributed by atoms with Crippen LogP contribution in [0.5, 0.6) is 0 Å². The van der Waals surface area contributed by atoms with Gasteiger partial charge >= 0.3 is 0 Å². The Hall–Kier alpha value is -3.34. The predicted molar refractivity (Wildman–Crippen MR) is 146 cm³/mol. The largest absolute Gasteiger partial charge is 0.337 e. The minimum Gasteiger partial charge on any atom is -0.337 e. The zero-order valence-corrected chi connectivity index (χ0v) is 22.8. The summed E-state index contributed by atoms with van der Waals surface area (Å²) in [6.07, 6.45) is 5.15. The standard InChI is InChI=1S/C28H29FN4O3S2/c1-19(26-7-4-14-37-26)15-28(34)33(18-27-30-12-13-32(27)2)22-10-8-20-9-11-25(24(20)17-22)31-38(35,36)23-6-3-5-21(29)16-23/h3-8,10,12-14,16-17,19,25,31H,9,11,15,18H2,1-2H3/t19-,25+/m0/s1. The van der Waals surface area contributed by atoms with E-state index in [2.05, 4.69) is 9.71 Å². The maximum Gasteiger partial charge on any atom is 0.241 e. The van der Waals surface area contributed by atoms with Crippen molar-refractivity contribution in [1.29, 1.82) is 0 Å². The Bertz CT molecular complexity index is 1550. The molecular weight excluding hydrogens is 523 g/mol. The van der Waals surface area contributed by atoms with E-state index in [1.807, 2.05) is 60.4 Å². The molecule has 7 nitrogen and oxygen atoms in total. The van der Waals surface area contributed by atoms with E-state index in [4.69, 9.17) is 0 Å². The molecule has 1 aliphatic carbocycles. The second kappa shape index (κ2) is 10.8. The second-order valence-electron chi connectivity index (χ2n) is 9.61. The highest BCUT2D eigenvalue weighted by atomic mass is 32.2. The van der Waals surface area contributed by atoms with Crippen LogP contribution in [0.15, 0.2) is 77.3 Å². The minimum atomic E-state index is -3.93. The van der Waals surface area contributed by atoms with E-state index in [-0.39, 0.29) is 23.3 Å². The van der Waals surface area contributed by atoms with Crippen molar-refractivity contribution in [2.75, 3.05) is 4.90 Å². The van der Waals surface area contributed by atoms with Crippen LogP contribution in [0.2, 0.25) is 0 Å². The summed E-state index contributed by atoms with van der Waals surface area (Å²) < 4.78 is 44.3. The highest BCUT2D eigenvalue weighted by Crippen LogP contribution is 2.36. The van der Waals surface area contributed by atoms with Gasteiger partial charge in [-0.05, 0) is 71.7 Å². The predicted octanol–water partition coefficient (Wildman–Crippen LogP) is 5.31. The molecular formula is C28H29FN4O3S2. The lowest BCUT2D eigenvalue weighted by molar-refractivity contribution is -0.119. The van der Waals surface area contributed by atoms with Crippen molar-refractivity contribution >= 4 is 33.0 Å². The molecule has 0 aliphatic heterocycles. The third-order valence-corrected chi connectivity index (χ3v) is 9.53. The number of aryl methyl sites for hydroxylation is 2. The van der Waals surface area contributed by atoms with Crippen molar-refractivity contribution in [3.8, 4) is 0 Å². The number of hydrogen-bond acceptors (Lipinski definition) is 5. The Morgan fingerprint density at radius 3 is 2.79 bits per heavy atom. The lowest BCUT2D eigenvalue weighted by Crippen LogP contribution is -2.32. The number of aromatic nitrogens is 2. The van der Waals surface area contributed by atoms with Crippen molar-refractivity contribution in [1.82, 2.24) is 14.3 Å². The normalized spacial score (nSPS) is 15.8. The van der Waals surface area contributed by atoms with Gasteiger partial charge < -0.3 is 9.47 Å². The van der Waals surface area contributed by atoms with Crippen molar-refractivity contribution < 1.29 is 17.6 Å². The molecule has 2 aromatic heterocycles. The summed E-state index contributed by atoms with van der Waals surface area (Å²) in [5.74, 6) is 0.156. The van der Waals surface area contributed by atoms with Crippen molar-refractivity contribution in [3.05, 3.63) is 100 Å². The SMILES string of the molecule is C[C@@H](CC(=O)N(Cc1nccn1C)c1ccc2c(c1)[C@H](NS(=O)(=O)c1cccc(F)c1)CC2)c1cccs1. The first-order valence-corrected chi connectivity index (χ1v) is 14.8. The molecule has 0 radical (unpaired) electrons. The monoisotopic (exact) mass is 552 g/mol. The van der Waals surface area contributed by atoms with Gasteiger partial charge in [0.2, 0.25) is 15.9 Å². The van der Waals surface area contributed by atoms with E-state index in [9.17, 15) is 17.6 Å². The molecule has 4 aromatic rings. The number of rotatable bonds is 9. The number of halogens is 1. The summed E-state index contributed by atoms with van der Waals surface area (Å²) in [6.45, 7) is 2.33. The number of hydrogen-bond donors (Lipinski definition) is 1. The zero-order chi connectivity index (χ0) is 26.9. The highest BCUT2D eigenvalue weighted by molar-refractivity contribution is 7.89. The maximum atomic E-state index is 13.7. The molecule has 0 fully saturated rings. The maximum absolute atomic E-state index is 13.7. The van der Waals surface area contributed by atoms with Gasteiger partial charge in [0.1, 0.15) is 11.6 Å². The van der Waals surface area contributed by atoms with Crippen molar-refractivity contribution in [3.63, 3.8) is 0 Å². The smallest absolute Gasteiger partial charge is 0.241 e. The van der Waals surface area contributed by atoms with E-state index < -0.39 is 21.9 Å². The van der Waals surface area contributed by atoms with Crippen LogP contribution in [0.4, 0.5) is 10.1 Å². The third-order valence-electron chi connectivity index (χ3n) is 6.95. The molecule has 10 heteroatoms. The Morgan fingerprint density at radius 2 is 2.08 bits per heavy atom. The average Bonchev–Trinajstić information content (AvgIpc) is 3.64. The molecule has 5 rings (SSSR count). The van der Waals surface area contributed by atoms with Crippen molar-refractivity contribution in [2.24, 2.45) is 7.05 Å². The second-order valence-corrected chi connectivity index (χ2v) is 12.3. The molecule has 0 saturated heterocycles. The molecule has 198 valence electrons. The summed E-state index contributed by atoms with van der Waals surface area (Å²) in [6, 6.07) is 14.3. The summed E-state index contributed by atoms with van der Waals surface area (Å²) in [5, 5.41) is 2.01. The van der Waals surface area contributed by atoms with Gasteiger partial charge in [0.05, 0.1) is 11.4 Å². The van der Waals surface area contributed by atoms with Crippen molar-refractivity contribution in [2.45, 2.75) is 49.6 Å². The Kier molecular flexibility index (Phi) is 7.47. The minimum absolute atomic E-state index is 0.0382. The third kappa shape index (κ3) is 5.57. The number of nitrogens with one attached hydrogen (secondary N) is 1. The van der Waals surface area contributed by atoms with Crippen LogP contribution in [-0.2, 0) is 34.8 Å². The quantitative estimate of drug-likeness (QED) is 0.305. The number of nitrogens with zero attached hydrogens (tertiary/aromatic N) is 3. The first-order valence-electron chi connectivity index (χ1n) is 12.4. The molecule has 38 heavy (non-hydrogen) atoms. The van der Waals surface area contributed by atoms with Gasteiger partial charge in [0, 0.05) is 42.5 Å². The Morgan fingerprint density at radius 1 is 1.24 bits per heavy atom. The van der Waals surface area contributed by atoms with E-state index in [0.29, 0.717) is 24.9 Å². The van der Waals surface area contributed by atoms with Crippen LogP contribution in [0.3, 0.4) is 0 Å². The summed E-state index contributed by atoms with van der Waals surface area (Å²) in [4.78, 5) is 20.8. The molecule has 0 bridgehead atoms. The first-order chi connectivity index (χ1) is 18.2. The number of amides is 1. The number of sulfonamides is 1. The fraction of sp³-hybridized carbons (Fsp3) is 0.286. The van der Waals surface area contributed by atoms with Gasteiger partial charge in [-0.1, -0.05) is 25.1 Å². The van der Waals surface area contributed by atoms with Crippen LogP contribution < -0.4 is 9.62 Å². The van der Waals surface area contributed by atoms with Gasteiger partial charge in [-0.15, -0.1) is 11.3 Å². The molecule has 0 unspecified atom stereocenters. The van der Waals surface area contributed by atoms with Gasteiger partial charge in [0.25, 0.3) is 0 Å². The number of imidazole rings is 1.